The summed E-state index contributed by atoms with van der Waals surface area (Å²) >= 11 is 0. The van der Waals surface area contributed by atoms with Crippen LogP contribution in [0.25, 0.3) is 0 Å². The van der Waals surface area contributed by atoms with Crippen LogP contribution < -0.4 is 15.9 Å². The summed E-state index contributed by atoms with van der Waals surface area (Å²) in [5, 5.41) is 4.25. The molecule has 3 aromatic rings. The zero-order valence-corrected chi connectivity index (χ0v) is 14.0. The molecule has 0 spiro atoms. The van der Waals surface area contributed by atoms with Gasteiger partial charge < -0.3 is 0 Å². The minimum atomic E-state index is -0.528. The first-order valence-electron chi connectivity index (χ1n) is 7.50. The van der Waals surface area contributed by atoms with Crippen molar-refractivity contribution in [1.82, 2.24) is 0 Å². The summed E-state index contributed by atoms with van der Waals surface area (Å²) in [5.74, 6) is 0. The zero-order chi connectivity index (χ0) is 15.5. The maximum atomic E-state index is 4.01. The Balaban J connectivity index is 2.21. The highest BCUT2D eigenvalue weighted by Crippen LogP contribution is 2.35. The summed E-state index contributed by atoms with van der Waals surface area (Å²) in [6, 6.07) is 26.2. The summed E-state index contributed by atoms with van der Waals surface area (Å²) in [6.45, 7) is 8.42. The number of hydrogen-bond donors (Lipinski definition) is 0. The molecule has 0 nitrogen and oxygen atoms in total. The van der Waals surface area contributed by atoms with Crippen LogP contribution in [0.2, 0.25) is 0 Å². The third-order valence-electron chi connectivity index (χ3n) is 3.91. The lowest BCUT2D eigenvalue weighted by molar-refractivity contribution is 1.50. The zero-order valence-electron chi connectivity index (χ0n) is 13.1. The Morgan fingerprint density at radius 1 is 0.636 bits per heavy atom. The lowest BCUT2D eigenvalue weighted by Crippen LogP contribution is -2.23. The van der Waals surface area contributed by atoms with E-state index in [1.54, 1.807) is 0 Å². The predicted octanol–water partition coefficient (Wildman–Crippen LogP) is 4.24. The number of hydrogen-bond acceptors (Lipinski definition) is 0. The van der Waals surface area contributed by atoms with E-state index in [0.29, 0.717) is 0 Å². The third-order valence-corrected chi connectivity index (χ3v) is 6.69. The van der Waals surface area contributed by atoms with Crippen LogP contribution in [0.5, 0.6) is 0 Å². The molecule has 1 heteroatoms. The molecule has 0 fully saturated rings. The molecule has 0 saturated carbocycles. The second-order valence-electron chi connectivity index (χ2n) is 5.57. The molecule has 0 aliphatic heterocycles. The van der Waals surface area contributed by atoms with Gasteiger partial charge in [0.15, 0.2) is 0 Å². The highest BCUT2D eigenvalue weighted by molar-refractivity contribution is 7.80. The Morgan fingerprint density at radius 2 is 1.09 bits per heavy atom. The van der Waals surface area contributed by atoms with Gasteiger partial charge in [0.05, 0.1) is 0 Å². The smallest absolute Gasteiger partial charge is 0.0122 e. The summed E-state index contributed by atoms with van der Waals surface area (Å²) in [6.07, 6.45) is 0. The van der Waals surface area contributed by atoms with Crippen molar-refractivity contribution in [2.75, 3.05) is 0 Å². The third kappa shape index (κ3) is 2.98. The van der Waals surface area contributed by atoms with Crippen LogP contribution in [-0.2, 0) is 0 Å². The SMILES string of the molecule is [CH2]c1ccc(P(c2ccccc2C)c2ccccc2C)cc1. The van der Waals surface area contributed by atoms with Crippen LogP contribution in [0.15, 0.2) is 72.8 Å². The second kappa shape index (κ2) is 6.46. The molecule has 3 aromatic carbocycles. The van der Waals surface area contributed by atoms with E-state index in [-0.39, 0.29) is 0 Å². The first-order valence-corrected chi connectivity index (χ1v) is 8.84. The normalized spacial score (nSPS) is 10.9. The van der Waals surface area contributed by atoms with Gasteiger partial charge in [-0.2, -0.15) is 0 Å². The molecule has 0 aliphatic rings. The van der Waals surface area contributed by atoms with Crippen molar-refractivity contribution < 1.29 is 0 Å². The van der Waals surface area contributed by atoms with Crippen LogP contribution in [0.4, 0.5) is 0 Å². The monoisotopic (exact) mass is 303 g/mol. The van der Waals surface area contributed by atoms with E-state index in [1.165, 1.54) is 27.0 Å². The van der Waals surface area contributed by atoms with Crippen LogP contribution >= 0.6 is 7.92 Å². The minimum Gasteiger partial charge on any atom is -0.0620 e. The highest BCUT2D eigenvalue weighted by Gasteiger charge is 2.19. The van der Waals surface area contributed by atoms with E-state index < -0.39 is 7.92 Å². The largest absolute Gasteiger partial charge is 0.0620 e. The molecule has 0 saturated heterocycles. The molecule has 0 heterocycles. The van der Waals surface area contributed by atoms with Crippen LogP contribution in [0, 0.1) is 20.8 Å². The van der Waals surface area contributed by atoms with Crippen LogP contribution in [0.3, 0.4) is 0 Å². The number of aryl methyl sites for hydroxylation is 2. The molecule has 0 aromatic heterocycles. The van der Waals surface area contributed by atoms with Gasteiger partial charge in [0.2, 0.25) is 0 Å². The van der Waals surface area contributed by atoms with Crippen molar-refractivity contribution >= 4 is 23.8 Å². The van der Waals surface area contributed by atoms with Crippen molar-refractivity contribution in [1.29, 1.82) is 0 Å². The molecule has 3 rings (SSSR count). The second-order valence-corrected chi connectivity index (χ2v) is 7.73. The van der Waals surface area contributed by atoms with Gasteiger partial charge in [0, 0.05) is 0 Å². The molecule has 0 N–H and O–H groups in total. The Bertz CT molecular complexity index is 726. The van der Waals surface area contributed by atoms with Gasteiger partial charge in [-0.15, -0.1) is 0 Å². The molecule has 1 radical (unpaired) electrons. The predicted molar refractivity (Wildman–Crippen MR) is 99.1 cm³/mol. The lowest BCUT2D eigenvalue weighted by Gasteiger charge is -2.23. The molecule has 0 atom stereocenters. The van der Waals surface area contributed by atoms with Crippen molar-refractivity contribution in [3.05, 3.63) is 96.4 Å². The van der Waals surface area contributed by atoms with Gasteiger partial charge in [0.25, 0.3) is 0 Å². The number of rotatable bonds is 3. The Labute approximate surface area is 134 Å². The first-order chi connectivity index (χ1) is 10.7. The van der Waals surface area contributed by atoms with Crippen molar-refractivity contribution in [2.45, 2.75) is 13.8 Å². The van der Waals surface area contributed by atoms with E-state index in [1.807, 2.05) is 0 Å². The van der Waals surface area contributed by atoms with Gasteiger partial charge in [0.1, 0.15) is 0 Å². The lowest BCUT2D eigenvalue weighted by atomic mass is 10.2. The van der Waals surface area contributed by atoms with Gasteiger partial charge in [-0.3, -0.25) is 0 Å². The maximum Gasteiger partial charge on any atom is -0.0122 e. The van der Waals surface area contributed by atoms with Crippen molar-refractivity contribution in [3.8, 4) is 0 Å². The molecule has 0 amide bonds. The van der Waals surface area contributed by atoms with E-state index in [9.17, 15) is 0 Å². The first kappa shape index (κ1) is 15.0. The van der Waals surface area contributed by atoms with Gasteiger partial charge >= 0.3 is 0 Å². The van der Waals surface area contributed by atoms with E-state index in [0.717, 1.165) is 5.56 Å². The average Bonchev–Trinajstić information content (AvgIpc) is 2.53. The Kier molecular flexibility index (Phi) is 4.41. The van der Waals surface area contributed by atoms with Crippen LogP contribution in [0.1, 0.15) is 16.7 Å². The maximum absolute atomic E-state index is 4.01. The van der Waals surface area contributed by atoms with Crippen LogP contribution in [-0.4, -0.2) is 0 Å². The fourth-order valence-corrected chi connectivity index (χ4v) is 5.27. The van der Waals surface area contributed by atoms with Crippen molar-refractivity contribution in [3.63, 3.8) is 0 Å². The standard InChI is InChI=1S/C21H20P/c1-16-12-14-19(15-13-16)22(20-10-6-4-8-17(20)2)21-11-7-5-9-18(21)3/h4-15H,1H2,2-3H3. The fraction of sp³-hybridized carbons (Fsp3) is 0.0952. The van der Waals surface area contributed by atoms with E-state index in [2.05, 4.69) is 93.6 Å². The summed E-state index contributed by atoms with van der Waals surface area (Å²) in [7, 11) is -0.528. The van der Waals surface area contributed by atoms with Gasteiger partial charge in [-0.05, 0) is 61.3 Å². The number of benzene rings is 3. The molecule has 0 bridgehead atoms. The van der Waals surface area contributed by atoms with E-state index >= 15 is 0 Å². The topological polar surface area (TPSA) is 0 Å². The minimum absolute atomic E-state index is 0.528. The summed E-state index contributed by atoms with van der Waals surface area (Å²) < 4.78 is 0. The fourth-order valence-electron chi connectivity index (χ4n) is 2.68. The van der Waals surface area contributed by atoms with Gasteiger partial charge in [-0.25, -0.2) is 0 Å². The Morgan fingerprint density at radius 3 is 1.55 bits per heavy atom. The summed E-state index contributed by atoms with van der Waals surface area (Å²) in [4.78, 5) is 0. The molecule has 0 unspecified atom stereocenters. The molecule has 0 aliphatic carbocycles. The average molecular weight is 303 g/mol. The van der Waals surface area contributed by atoms with Crippen molar-refractivity contribution in [2.24, 2.45) is 0 Å². The molecule has 22 heavy (non-hydrogen) atoms. The highest BCUT2D eigenvalue weighted by atomic mass is 31.1. The molecular formula is C21H20P. The summed E-state index contributed by atoms with van der Waals surface area (Å²) in [5.41, 5.74) is 3.78. The molecular weight excluding hydrogens is 283 g/mol. The van der Waals surface area contributed by atoms with E-state index in [4.69, 9.17) is 0 Å². The van der Waals surface area contributed by atoms with Gasteiger partial charge in [-0.1, -0.05) is 72.8 Å². The Hall–Kier alpha value is -1.91. The quantitative estimate of drug-likeness (QED) is 0.635. The molecule has 109 valence electrons.